The molecule has 0 bridgehead atoms. The molecule has 1 atom stereocenters. The van der Waals surface area contributed by atoms with Gasteiger partial charge >= 0.3 is 5.97 Å². The third kappa shape index (κ3) is 1.64. The standard InChI is InChI=1S/C11H11N3O2S/c1-14-5-6(4-12-14)10-13-9-7(11(15)16)2-3-8(9)17-10/h4-5,7H,2-3H2,1H3,(H,15,16). The summed E-state index contributed by atoms with van der Waals surface area (Å²) in [6.45, 7) is 0. The second-order valence-electron chi connectivity index (χ2n) is 4.16. The molecule has 88 valence electrons. The van der Waals surface area contributed by atoms with Crippen molar-refractivity contribution >= 4 is 17.3 Å². The van der Waals surface area contributed by atoms with Crippen molar-refractivity contribution in [2.24, 2.45) is 7.05 Å². The monoisotopic (exact) mass is 249 g/mol. The first-order chi connectivity index (χ1) is 8.15. The van der Waals surface area contributed by atoms with Crippen molar-refractivity contribution in [2.75, 3.05) is 0 Å². The molecule has 1 aliphatic rings. The molecule has 6 heteroatoms. The summed E-state index contributed by atoms with van der Waals surface area (Å²) in [5.41, 5.74) is 1.71. The van der Waals surface area contributed by atoms with Gasteiger partial charge < -0.3 is 5.11 Å². The van der Waals surface area contributed by atoms with Crippen LogP contribution in [0.4, 0.5) is 0 Å². The Morgan fingerprint density at radius 2 is 2.47 bits per heavy atom. The fourth-order valence-electron chi connectivity index (χ4n) is 2.12. The lowest BCUT2D eigenvalue weighted by Gasteiger charge is -2.00. The number of fused-ring (bicyclic) bond motifs is 1. The lowest BCUT2D eigenvalue weighted by atomic mass is 10.1. The molecule has 0 amide bonds. The van der Waals surface area contributed by atoms with E-state index in [0.717, 1.165) is 27.6 Å². The van der Waals surface area contributed by atoms with Gasteiger partial charge in [-0.1, -0.05) is 0 Å². The highest BCUT2D eigenvalue weighted by Gasteiger charge is 2.32. The molecule has 0 aliphatic heterocycles. The zero-order valence-electron chi connectivity index (χ0n) is 9.25. The molecule has 0 radical (unpaired) electrons. The molecule has 1 aliphatic carbocycles. The van der Waals surface area contributed by atoms with E-state index in [2.05, 4.69) is 10.1 Å². The van der Waals surface area contributed by atoms with Gasteiger partial charge in [0.25, 0.3) is 0 Å². The summed E-state index contributed by atoms with van der Waals surface area (Å²) in [7, 11) is 1.85. The Bertz CT molecular complexity index is 587. The van der Waals surface area contributed by atoms with Crippen LogP contribution in [0.1, 0.15) is 22.9 Å². The largest absolute Gasteiger partial charge is 0.481 e. The van der Waals surface area contributed by atoms with Gasteiger partial charge in [0.1, 0.15) is 10.9 Å². The fraction of sp³-hybridized carbons (Fsp3) is 0.364. The first-order valence-electron chi connectivity index (χ1n) is 5.36. The van der Waals surface area contributed by atoms with Crippen LogP contribution in [0.15, 0.2) is 12.4 Å². The van der Waals surface area contributed by atoms with Gasteiger partial charge in [0, 0.05) is 23.7 Å². The van der Waals surface area contributed by atoms with Crippen LogP contribution in [0.3, 0.4) is 0 Å². The average molecular weight is 249 g/mol. The maximum atomic E-state index is 11.1. The van der Waals surface area contributed by atoms with E-state index in [4.69, 9.17) is 5.11 Å². The van der Waals surface area contributed by atoms with Crippen LogP contribution in [0.2, 0.25) is 0 Å². The molecule has 2 aromatic rings. The van der Waals surface area contributed by atoms with Crippen LogP contribution < -0.4 is 0 Å². The van der Waals surface area contributed by atoms with Crippen LogP contribution in [0.25, 0.3) is 10.6 Å². The molecule has 0 aromatic carbocycles. The van der Waals surface area contributed by atoms with E-state index in [-0.39, 0.29) is 0 Å². The zero-order valence-corrected chi connectivity index (χ0v) is 10.1. The number of nitrogens with zero attached hydrogens (tertiary/aromatic N) is 3. The second kappa shape index (κ2) is 3.66. The smallest absolute Gasteiger partial charge is 0.312 e. The lowest BCUT2D eigenvalue weighted by Crippen LogP contribution is -2.08. The fourth-order valence-corrected chi connectivity index (χ4v) is 3.24. The quantitative estimate of drug-likeness (QED) is 0.878. The van der Waals surface area contributed by atoms with E-state index in [0.29, 0.717) is 6.42 Å². The Kier molecular flexibility index (Phi) is 2.25. The van der Waals surface area contributed by atoms with Crippen molar-refractivity contribution in [3.05, 3.63) is 23.0 Å². The number of hydrogen-bond donors (Lipinski definition) is 1. The molecule has 0 saturated carbocycles. The topological polar surface area (TPSA) is 68.0 Å². The Labute approximate surface area is 102 Å². The number of carboxylic acid groups (broad SMARTS) is 1. The minimum absolute atomic E-state index is 0.424. The van der Waals surface area contributed by atoms with Gasteiger partial charge in [0.15, 0.2) is 0 Å². The van der Waals surface area contributed by atoms with Crippen molar-refractivity contribution in [1.82, 2.24) is 14.8 Å². The molecule has 5 nitrogen and oxygen atoms in total. The van der Waals surface area contributed by atoms with Gasteiger partial charge in [-0.3, -0.25) is 9.48 Å². The number of carbonyl (C=O) groups is 1. The van der Waals surface area contributed by atoms with Crippen LogP contribution in [0, 0.1) is 0 Å². The number of hydrogen-bond acceptors (Lipinski definition) is 4. The lowest BCUT2D eigenvalue weighted by molar-refractivity contribution is -0.138. The van der Waals surface area contributed by atoms with E-state index in [1.807, 2.05) is 13.2 Å². The minimum atomic E-state index is -0.771. The molecule has 1 unspecified atom stereocenters. The van der Waals surface area contributed by atoms with E-state index in [1.165, 1.54) is 0 Å². The molecular weight excluding hydrogens is 238 g/mol. The number of aromatic nitrogens is 3. The van der Waals surface area contributed by atoms with Gasteiger partial charge in [0.2, 0.25) is 0 Å². The third-order valence-corrected chi connectivity index (χ3v) is 4.15. The van der Waals surface area contributed by atoms with Crippen molar-refractivity contribution < 1.29 is 9.90 Å². The predicted octanol–water partition coefficient (Wildman–Crippen LogP) is 1.66. The van der Waals surface area contributed by atoms with Gasteiger partial charge in [-0.15, -0.1) is 11.3 Å². The van der Waals surface area contributed by atoms with Crippen molar-refractivity contribution in [2.45, 2.75) is 18.8 Å². The molecular formula is C11H11N3O2S. The average Bonchev–Trinajstić information content (AvgIpc) is 2.89. The van der Waals surface area contributed by atoms with Crippen LogP contribution in [-0.2, 0) is 18.3 Å². The van der Waals surface area contributed by atoms with Crippen LogP contribution in [-0.4, -0.2) is 25.8 Å². The normalized spacial score (nSPS) is 18.3. The highest BCUT2D eigenvalue weighted by atomic mass is 32.1. The van der Waals surface area contributed by atoms with Crippen molar-refractivity contribution in [3.8, 4) is 10.6 Å². The highest BCUT2D eigenvalue weighted by Crippen LogP contribution is 2.39. The Morgan fingerprint density at radius 1 is 1.65 bits per heavy atom. The Morgan fingerprint density at radius 3 is 3.12 bits per heavy atom. The summed E-state index contributed by atoms with van der Waals surface area (Å²) in [6.07, 6.45) is 5.15. The predicted molar refractivity (Wildman–Crippen MR) is 63.0 cm³/mol. The first-order valence-corrected chi connectivity index (χ1v) is 6.18. The van der Waals surface area contributed by atoms with E-state index in [9.17, 15) is 4.79 Å². The summed E-state index contributed by atoms with van der Waals surface area (Å²) in [6, 6.07) is 0. The third-order valence-electron chi connectivity index (χ3n) is 2.97. The summed E-state index contributed by atoms with van der Waals surface area (Å²) in [5, 5.41) is 14.1. The highest BCUT2D eigenvalue weighted by molar-refractivity contribution is 7.15. The van der Waals surface area contributed by atoms with E-state index < -0.39 is 11.9 Å². The van der Waals surface area contributed by atoms with Gasteiger partial charge in [-0.05, 0) is 12.8 Å². The molecule has 2 heterocycles. The number of aryl methyl sites for hydroxylation is 2. The number of thiazole rings is 1. The van der Waals surface area contributed by atoms with Crippen LogP contribution in [0.5, 0.6) is 0 Å². The zero-order chi connectivity index (χ0) is 12.0. The minimum Gasteiger partial charge on any atom is -0.481 e. The molecule has 3 rings (SSSR count). The van der Waals surface area contributed by atoms with Gasteiger partial charge in [-0.2, -0.15) is 5.10 Å². The molecule has 17 heavy (non-hydrogen) atoms. The Balaban J connectivity index is 2.01. The van der Waals surface area contributed by atoms with Crippen molar-refractivity contribution in [1.29, 1.82) is 0 Å². The molecule has 1 N–H and O–H groups in total. The molecule has 0 spiro atoms. The molecule has 0 saturated heterocycles. The first kappa shape index (κ1) is 10.5. The summed E-state index contributed by atoms with van der Waals surface area (Å²) in [4.78, 5) is 16.6. The summed E-state index contributed by atoms with van der Waals surface area (Å²) >= 11 is 1.58. The molecule has 0 fully saturated rings. The number of carboxylic acids is 1. The summed E-state index contributed by atoms with van der Waals surface area (Å²) in [5.74, 6) is -1.20. The van der Waals surface area contributed by atoms with Gasteiger partial charge in [0.05, 0.1) is 11.9 Å². The second-order valence-corrected chi connectivity index (χ2v) is 5.24. The van der Waals surface area contributed by atoms with Gasteiger partial charge in [-0.25, -0.2) is 4.98 Å². The molecule has 2 aromatic heterocycles. The maximum absolute atomic E-state index is 11.1. The van der Waals surface area contributed by atoms with Crippen LogP contribution >= 0.6 is 11.3 Å². The van der Waals surface area contributed by atoms with Crippen molar-refractivity contribution in [3.63, 3.8) is 0 Å². The summed E-state index contributed by atoms with van der Waals surface area (Å²) < 4.78 is 1.72. The van der Waals surface area contributed by atoms with E-state index in [1.54, 1.807) is 22.2 Å². The number of aliphatic carboxylic acids is 1. The maximum Gasteiger partial charge on any atom is 0.312 e. The number of rotatable bonds is 2. The SMILES string of the molecule is Cn1cc(-c2nc3c(s2)CCC3C(=O)O)cn1. The Hall–Kier alpha value is -1.69. The van der Waals surface area contributed by atoms with E-state index >= 15 is 0 Å².